The Labute approximate surface area is 164 Å². The van der Waals surface area contributed by atoms with Crippen LogP contribution >= 0.6 is 11.3 Å². The van der Waals surface area contributed by atoms with E-state index in [1.165, 1.54) is 15.6 Å². The molecule has 1 aromatic carbocycles. The molecule has 1 fully saturated rings. The summed E-state index contributed by atoms with van der Waals surface area (Å²) in [5, 5.41) is 3.37. The van der Waals surface area contributed by atoms with Crippen molar-refractivity contribution in [3.63, 3.8) is 0 Å². The van der Waals surface area contributed by atoms with Crippen LogP contribution in [0.1, 0.15) is 32.8 Å². The molecule has 6 heteroatoms. The maximum Gasteiger partial charge on any atom is 0.311 e. The van der Waals surface area contributed by atoms with E-state index in [1.54, 1.807) is 16.2 Å². The van der Waals surface area contributed by atoms with Gasteiger partial charge < -0.3 is 14.4 Å². The minimum atomic E-state index is -0.508. The van der Waals surface area contributed by atoms with Gasteiger partial charge in [0.25, 0.3) is 0 Å². The van der Waals surface area contributed by atoms with E-state index >= 15 is 0 Å². The van der Waals surface area contributed by atoms with Crippen LogP contribution < -0.4 is 0 Å². The number of fused-ring (bicyclic) bond motifs is 1. The number of likely N-dealkylation sites (tertiary alicyclic amines) is 1. The third-order valence-corrected chi connectivity index (χ3v) is 5.50. The molecule has 3 rings (SSSR count). The third-order valence-electron chi connectivity index (χ3n) is 4.60. The van der Waals surface area contributed by atoms with E-state index in [0.29, 0.717) is 32.7 Å². The van der Waals surface area contributed by atoms with Gasteiger partial charge in [-0.1, -0.05) is 12.1 Å². The molecule has 0 spiro atoms. The molecule has 1 saturated heterocycles. The maximum absolute atomic E-state index is 12.1. The van der Waals surface area contributed by atoms with Crippen LogP contribution in [0.2, 0.25) is 0 Å². The largest absolute Gasteiger partial charge is 0.458 e. The first-order valence-electron chi connectivity index (χ1n) is 9.35. The Hall–Kier alpha value is -1.92. The lowest BCUT2D eigenvalue weighted by Gasteiger charge is -2.39. The van der Waals surface area contributed by atoms with Crippen LogP contribution in [-0.4, -0.2) is 49.2 Å². The zero-order valence-corrected chi connectivity index (χ0v) is 17.0. The summed E-state index contributed by atoms with van der Waals surface area (Å²) >= 11 is 1.74. The molecule has 0 unspecified atom stereocenters. The first kappa shape index (κ1) is 19.8. The van der Waals surface area contributed by atoms with Crippen molar-refractivity contribution in [2.45, 2.75) is 39.7 Å². The van der Waals surface area contributed by atoms with E-state index < -0.39 is 5.41 Å². The van der Waals surface area contributed by atoms with Gasteiger partial charge in [-0.05, 0) is 55.7 Å². The van der Waals surface area contributed by atoms with Gasteiger partial charge in [0.05, 0.1) is 38.1 Å². The van der Waals surface area contributed by atoms with Crippen molar-refractivity contribution in [2.24, 2.45) is 5.41 Å². The van der Waals surface area contributed by atoms with Gasteiger partial charge in [0.15, 0.2) is 0 Å². The topological polar surface area (TPSA) is 55.8 Å². The Kier molecular flexibility index (Phi) is 6.17. The lowest BCUT2D eigenvalue weighted by Crippen LogP contribution is -2.56. The average Bonchev–Trinajstić information content (AvgIpc) is 3.03. The summed E-state index contributed by atoms with van der Waals surface area (Å²) < 4.78 is 12.3. The molecule has 5 nitrogen and oxygen atoms in total. The van der Waals surface area contributed by atoms with Gasteiger partial charge in [0, 0.05) is 4.70 Å². The van der Waals surface area contributed by atoms with E-state index in [4.69, 9.17) is 9.47 Å². The van der Waals surface area contributed by atoms with Gasteiger partial charge in [-0.25, -0.2) is 0 Å². The molecule has 2 aromatic rings. The third kappa shape index (κ3) is 5.30. The molecule has 27 heavy (non-hydrogen) atoms. The maximum atomic E-state index is 12.1. The Morgan fingerprint density at radius 3 is 2.70 bits per heavy atom. The molecule has 0 atom stereocenters. The summed E-state index contributed by atoms with van der Waals surface area (Å²) in [6, 6.07) is 8.60. The Morgan fingerprint density at radius 2 is 1.96 bits per heavy atom. The fourth-order valence-electron chi connectivity index (χ4n) is 2.83. The predicted octanol–water partition coefficient (Wildman–Crippen LogP) is 3.65. The first-order chi connectivity index (χ1) is 12.8. The molecule has 2 heterocycles. The fraction of sp³-hybridized carbons (Fsp3) is 0.524. The molecule has 0 radical (unpaired) electrons. The number of ether oxygens (including phenoxy) is 2. The van der Waals surface area contributed by atoms with E-state index in [-0.39, 0.29) is 18.0 Å². The predicted molar refractivity (Wildman–Crippen MR) is 107 cm³/mol. The molecular weight excluding hydrogens is 362 g/mol. The van der Waals surface area contributed by atoms with Crippen molar-refractivity contribution in [3.8, 4) is 0 Å². The van der Waals surface area contributed by atoms with E-state index in [9.17, 15) is 9.59 Å². The normalized spacial score (nSPS) is 15.0. The second-order valence-electron chi connectivity index (χ2n) is 7.98. The smallest absolute Gasteiger partial charge is 0.311 e. The highest BCUT2D eigenvalue weighted by molar-refractivity contribution is 7.17. The molecule has 146 valence electrons. The minimum absolute atomic E-state index is 0.0535. The molecule has 0 saturated carbocycles. The standard InChI is InChI=1S/C21H27NO4S/c1-21(2,3)20(24)26-17-13-22(14-17)19(23)7-10-25-9-6-15-4-5-18-16(12-15)8-11-27-18/h4-5,8,11-12,17H,6-7,9-10,13-14H2,1-3H3. The Morgan fingerprint density at radius 1 is 1.19 bits per heavy atom. The van der Waals surface area contributed by atoms with Crippen LogP contribution in [0.5, 0.6) is 0 Å². The number of thiophene rings is 1. The summed E-state index contributed by atoms with van der Waals surface area (Å²) in [6.45, 7) is 7.48. The van der Waals surface area contributed by atoms with Gasteiger partial charge in [-0.3, -0.25) is 9.59 Å². The van der Waals surface area contributed by atoms with Gasteiger partial charge in [-0.15, -0.1) is 11.3 Å². The quantitative estimate of drug-likeness (QED) is 0.536. The SMILES string of the molecule is CC(C)(C)C(=O)OC1CN(C(=O)CCOCCc2ccc3sccc3c2)C1. The molecular formula is C21H27NO4S. The van der Waals surface area contributed by atoms with Crippen LogP contribution in [0, 0.1) is 5.41 Å². The molecule has 0 bridgehead atoms. The average molecular weight is 390 g/mol. The number of hydrogen-bond acceptors (Lipinski definition) is 5. The van der Waals surface area contributed by atoms with Gasteiger partial charge in [-0.2, -0.15) is 0 Å². The van der Waals surface area contributed by atoms with E-state index in [0.717, 1.165) is 6.42 Å². The fourth-order valence-corrected chi connectivity index (χ4v) is 3.60. The summed E-state index contributed by atoms with van der Waals surface area (Å²) in [7, 11) is 0. The Bertz CT molecular complexity index is 802. The zero-order chi connectivity index (χ0) is 19.4. The second kappa shape index (κ2) is 8.40. The molecule has 1 aromatic heterocycles. The number of nitrogens with zero attached hydrogens (tertiary/aromatic N) is 1. The van der Waals surface area contributed by atoms with Crippen molar-refractivity contribution in [1.82, 2.24) is 4.90 Å². The van der Waals surface area contributed by atoms with Gasteiger partial charge in [0.1, 0.15) is 6.10 Å². The number of hydrogen-bond donors (Lipinski definition) is 0. The van der Waals surface area contributed by atoms with Gasteiger partial charge in [0.2, 0.25) is 5.91 Å². The van der Waals surface area contributed by atoms with E-state index in [2.05, 4.69) is 29.6 Å². The highest BCUT2D eigenvalue weighted by Crippen LogP contribution is 2.22. The number of benzene rings is 1. The summed E-state index contributed by atoms with van der Waals surface area (Å²) in [4.78, 5) is 25.6. The monoisotopic (exact) mass is 389 g/mol. The minimum Gasteiger partial charge on any atom is -0.458 e. The van der Waals surface area contributed by atoms with Crippen molar-refractivity contribution >= 4 is 33.3 Å². The van der Waals surface area contributed by atoms with Crippen LogP contribution in [0.4, 0.5) is 0 Å². The van der Waals surface area contributed by atoms with Crippen molar-refractivity contribution < 1.29 is 19.1 Å². The number of rotatable bonds is 7. The van der Waals surface area contributed by atoms with Crippen LogP contribution in [0.25, 0.3) is 10.1 Å². The van der Waals surface area contributed by atoms with Crippen molar-refractivity contribution in [2.75, 3.05) is 26.3 Å². The molecule has 1 amide bonds. The van der Waals surface area contributed by atoms with Gasteiger partial charge >= 0.3 is 5.97 Å². The number of amides is 1. The lowest BCUT2D eigenvalue weighted by molar-refractivity contribution is -0.171. The Balaban J connectivity index is 1.29. The highest BCUT2D eigenvalue weighted by atomic mass is 32.1. The molecule has 1 aliphatic rings. The number of esters is 1. The van der Waals surface area contributed by atoms with Crippen molar-refractivity contribution in [3.05, 3.63) is 35.2 Å². The summed E-state index contributed by atoms with van der Waals surface area (Å²) in [6.07, 6.45) is 1.03. The summed E-state index contributed by atoms with van der Waals surface area (Å²) in [5.41, 5.74) is 0.741. The number of carbonyl (C=O) groups is 2. The van der Waals surface area contributed by atoms with E-state index in [1.807, 2.05) is 20.8 Å². The number of carbonyl (C=O) groups excluding carboxylic acids is 2. The second-order valence-corrected chi connectivity index (χ2v) is 8.93. The lowest BCUT2D eigenvalue weighted by atomic mass is 9.97. The molecule has 1 aliphatic heterocycles. The van der Waals surface area contributed by atoms with Crippen molar-refractivity contribution in [1.29, 1.82) is 0 Å². The highest BCUT2D eigenvalue weighted by Gasteiger charge is 2.35. The first-order valence-corrected chi connectivity index (χ1v) is 10.2. The zero-order valence-electron chi connectivity index (χ0n) is 16.2. The molecule has 0 N–H and O–H groups in total. The van der Waals surface area contributed by atoms with Crippen LogP contribution in [0.3, 0.4) is 0 Å². The van der Waals surface area contributed by atoms with Crippen LogP contribution in [0.15, 0.2) is 29.6 Å². The summed E-state index contributed by atoms with van der Waals surface area (Å²) in [5.74, 6) is -0.165. The van der Waals surface area contributed by atoms with Crippen LogP contribution in [-0.2, 0) is 25.5 Å². The molecule has 0 aliphatic carbocycles.